The van der Waals surface area contributed by atoms with Crippen molar-refractivity contribution in [3.63, 3.8) is 0 Å². The van der Waals surface area contributed by atoms with Gasteiger partial charge in [-0.1, -0.05) is 13.8 Å². The lowest BCUT2D eigenvalue weighted by atomic mass is 10.2. The summed E-state index contributed by atoms with van der Waals surface area (Å²) >= 11 is 0. The van der Waals surface area contributed by atoms with E-state index in [9.17, 15) is 13.2 Å². The first-order valence-corrected chi connectivity index (χ1v) is 4.39. The van der Waals surface area contributed by atoms with Crippen molar-refractivity contribution in [1.29, 1.82) is 0 Å². The first-order valence-electron chi connectivity index (χ1n) is 4.39. The highest BCUT2D eigenvalue weighted by atomic mass is 19.4. The molecular formula is C10H14F3N. The van der Waals surface area contributed by atoms with Crippen LogP contribution in [0.5, 0.6) is 0 Å². The van der Waals surface area contributed by atoms with Crippen LogP contribution in [0.3, 0.4) is 0 Å². The molecule has 1 aromatic carbocycles. The summed E-state index contributed by atoms with van der Waals surface area (Å²) in [5.41, 5.74) is 0.0458. The van der Waals surface area contributed by atoms with Crippen molar-refractivity contribution in [1.82, 2.24) is 0 Å². The number of hydrogen-bond acceptors (Lipinski definition) is 1. The molecule has 0 aliphatic carbocycles. The predicted octanol–water partition coefficient (Wildman–Crippen LogP) is 3.77. The number of benzene rings is 1. The Morgan fingerprint density at radius 3 is 1.71 bits per heavy atom. The molecule has 0 aliphatic rings. The molecule has 0 spiro atoms. The molecule has 0 atom stereocenters. The van der Waals surface area contributed by atoms with Crippen molar-refractivity contribution in [2.45, 2.75) is 20.0 Å². The molecule has 0 aliphatic heterocycles. The van der Waals surface area contributed by atoms with E-state index in [4.69, 9.17) is 0 Å². The van der Waals surface area contributed by atoms with Gasteiger partial charge in [0.25, 0.3) is 0 Å². The molecule has 0 amide bonds. The summed E-state index contributed by atoms with van der Waals surface area (Å²) in [4.78, 5) is 0. The Hall–Kier alpha value is -1.19. The normalized spacial score (nSPS) is 10.1. The smallest absolute Gasteiger partial charge is 0.388 e. The van der Waals surface area contributed by atoms with Crippen LogP contribution in [0.4, 0.5) is 18.9 Å². The minimum Gasteiger partial charge on any atom is -0.388 e. The maximum Gasteiger partial charge on any atom is 0.416 e. The van der Waals surface area contributed by atoms with Crippen LogP contribution in [0.1, 0.15) is 19.4 Å². The van der Waals surface area contributed by atoms with Gasteiger partial charge in [-0.05, 0) is 24.3 Å². The number of nitrogens with one attached hydrogen (secondary N) is 1. The van der Waals surface area contributed by atoms with Crippen molar-refractivity contribution >= 4 is 5.69 Å². The highest BCUT2D eigenvalue weighted by Gasteiger charge is 2.29. The van der Waals surface area contributed by atoms with Crippen LogP contribution in [0.2, 0.25) is 0 Å². The van der Waals surface area contributed by atoms with E-state index in [0.717, 1.165) is 12.1 Å². The fourth-order valence-electron chi connectivity index (χ4n) is 0.826. The van der Waals surface area contributed by atoms with Gasteiger partial charge in [0, 0.05) is 12.7 Å². The maximum absolute atomic E-state index is 12.0. The van der Waals surface area contributed by atoms with Gasteiger partial charge >= 0.3 is 6.18 Å². The van der Waals surface area contributed by atoms with E-state index in [2.05, 4.69) is 5.32 Å². The lowest BCUT2D eigenvalue weighted by Crippen LogP contribution is -2.04. The number of hydrogen-bond donors (Lipinski definition) is 1. The minimum absolute atomic E-state index is 0.624. The summed E-state index contributed by atoms with van der Waals surface area (Å²) in [6.45, 7) is 4.00. The van der Waals surface area contributed by atoms with Gasteiger partial charge in [-0.15, -0.1) is 0 Å². The standard InChI is InChI=1S/C8H8F3N.C2H6/c1-12-7-4-2-6(3-5-7)8(9,10)11;1-2/h2-5,12H,1H3;1-2H3. The van der Waals surface area contributed by atoms with E-state index < -0.39 is 11.7 Å². The number of halogens is 3. The monoisotopic (exact) mass is 205 g/mol. The Morgan fingerprint density at radius 1 is 1.00 bits per heavy atom. The molecule has 0 unspecified atom stereocenters. The lowest BCUT2D eigenvalue weighted by Gasteiger charge is -2.06. The largest absolute Gasteiger partial charge is 0.416 e. The fourth-order valence-corrected chi connectivity index (χ4v) is 0.826. The number of alkyl halides is 3. The van der Waals surface area contributed by atoms with Gasteiger partial charge < -0.3 is 5.32 Å². The molecule has 1 rings (SSSR count). The van der Waals surface area contributed by atoms with Crippen molar-refractivity contribution in [2.24, 2.45) is 0 Å². The van der Waals surface area contributed by atoms with Crippen molar-refractivity contribution in [3.05, 3.63) is 29.8 Å². The summed E-state index contributed by atoms with van der Waals surface area (Å²) in [6, 6.07) is 4.88. The number of rotatable bonds is 1. The van der Waals surface area contributed by atoms with Crippen molar-refractivity contribution in [2.75, 3.05) is 12.4 Å². The second-order valence-corrected chi connectivity index (χ2v) is 2.33. The third kappa shape index (κ3) is 3.68. The predicted molar refractivity (Wildman–Crippen MR) is 52.3 cm³/mol. The summed E-state index contributed by atoms with van der Waals surface area (Å²) in [6.07, 6.45) is -4.24. The molecule has 0 aromatic heterocycles. The van der Waals surface area contributed by atoms with E-state index in [1.165, 1.54) is 12.1 Å². The average molecular weight is 205 g/mol. The topological polar surface area (TPSA) is 12.0 Å². The molecule has 0 saturated carbocycles. The van der Waals surface area contributed by atoms with Crippen molar-refractivity contribution in [3.8, 4) is 0 Å². The first kappa shape index (κ1) is 12.8. The van der Waals surface area contributed by atoms with E-state index >= 15 is 0 Å². The van der Waals surface area contributed by atoms with Gasteiger partial charge in [0.05, 0.1) is 5.56 Å². The summed E-state index contributed by atoms with van der Waals surface area (Å²) < 4.78 is 36.0. The van der Waals surface area contributed by atoms with Crippen LogP contribution in [-0.2, 0) is 6.18 Å². The molecule has 1 aromatic rings. The zero-order valence-corrected chi connectivity index (χ0v) is 8.44. The summed E-state index contributed by atoms with van der Waals surface area (Å²) in [5, 5.41) is 2.74. The van der Waals surface area contributed by atoms with Gasteiger partial charge in [-0.3, -0.25) is 0 Å². The van der Waals surface area contributed by atoms with Gasteiger partial charge in [-0.25, -0.2) is 0 Å². The molecule has 0 heterocycles. The third-order valence-electron chi connectivity index (χ3n) is 1.50. The highest BCUT2D eigenvalue weighted by molar-refractivity contribution is 5.44. The Morgan fingerprint density at radius 2 is 1.43 bits per heavy atom. The number of anilines is 1. The van der Waals surface area contributed by atoms with Crippen LogP contribution < -0.4 is 5.32 Å². The molecular weight excluding hydrogens is 191 g/mol. The molecule has 4 heteroatoms. The maximum atomic E-state index is 12.0. The van der Waals surface area contributed by atoms with Gasteiger partial charge in [-0.2, -0.15) is 13.2 Å². The summed E-state index contributed by atoms with van der Waals surface area (Å²) in [5.74, 6) is 0. The van der Waals surface area contributed by atoms with E-state index in [1.807, 2.05) is 13.8 Å². The molecule has 1 nitrogen and oxygen atoms in total. The second-order valence-electron chi connectivity index (χ2n) is 2.33. The van der Waals surface area contributed by atoms with E-state index in [0.29, 0.717) is 5.69 Å². The van der Waals surface area contributed by atoms with Gasteiger partial charge in [0.2, 0.25) is 0 Å². The average Bonchev–Trinajstić information content (AvgIpc) is 2.20. The molecule has 0 saturated heterocycles. The molecule has 0 radical (unpaired) electrons. The Kier molecular flexibility index (Phi) is 5.05. The minimum atomic E-state index is -4.24. The lowest BCUT2D eigenvalue weighted by molar-refractivity contribution is -0.137. The molecule has 14 heavy (non-hydrogen) atoms. The van der Waals surface area contributed by atoms with Crippen LogP contribution >= 0.6 is 0 Å². The molecule has 0 bridgehead atoms. The van der Waals surface area contributed by atoms with Crippen LogP contribution in [0.15, 0.2) is 24.3 Å². The zero-order chi connectivity index (χ0) is 11.2. The Bertz CT molecular complexity index is 251. The summed E-state index contributed by atoms with van der Waals surface area (Å²) in [7, 11) is 1.66. The van der Waals surface area contributed by atoms with Gasteiger partial charge in [0.1, 0.15) is 0 Å². The highest BCUT2D eigenvalue weighted by Crippen LogP contribution is 2.29. The van der Waals surface area contributed by atoms with Gasteiger partial charge in [0.15, 0.2) is 0 Å². The van der Waals surface area contributed by atoms with Crippen LogP contribution in [0.25, 0.3) is 0 Å². The van der Waals surface area contributed by atoms with Crippen LogP contribution in [-0.4, -0.2) is 7.05 Å². The fraction of sp³-hybridized carbons (Fsp3) is 0.400. The Balaban J connectivity index is 0.000000791. The quantitative estimate of drug-likeness (QED) is 0.735. The SMILES string of the molecule is CC.CNc1ccc(C(F)(F)F)cc1. The molecule has 80 valence electrons. The third-order valence-corrected chi connectivity index (χ3v) is 1.50. The van der Waals surface area contributed by atoms with Crippen molar-refractivity contribution < 1.29 is 13.2 Å². The van der Waals surface area contributed by atoms with E-state index in [1.54, 1.807) is 7.05 Å². The Labute approximate surface area is 81.9 Å². The van der Waals surface area contributed by atoms with E-state index in [-0.39, 0.29) is 0 Å². The second kappa shape index (κ2) is 5.52. The van der Waals surface area contributed by atoms with Crippen LogP contribution in [0, 0.1) is 0 Å². The zero-order valence-electron chi connectivity index (χ0n) is 8.44. The molecule has 1 N–H and O–H groups in total. The first-order chi connectivity index (χ1) is 6.54. The molecule has 0 fully saturated rings.